The largest absolute Gasteiger partial charge is 0.486 e. The van der Waals surface area contributed by atoms with Gasteiger partial charge in [0.1, 0.15) is 18.1 Å². The first kappa shape index (κ1) is 21.5. The van der Waals surface area contributed by atoms with E-state index < -0.39 is 0 Å². The Morgan fingerprint density at radius 1 is 1.06 bits per heavy atom. The van der Waals surface area contributed by atoms with Crippen molar-refractivity contribution in [3.05, 3.63) is 96.0 Å². The Morgan fingerprint density at radius 3 is 2.74 bits per heavy atom. The van der Waals surface area contributed by atoms with E-state index in [9.17, 15) is 4.79 Å². The molecule has 5 aromatic rings. The SMILES string of the molecule is CCn1ncc(Cn2cc(NC(=O)c3ccc(COc4ccc5ccccc5c4)o3)cn2)c1C. The molecule has 0 radical (unpaired) electrons. The molecule has 0 bridgehead atoms. The number of hydrogen-bond donors (Lipinski definition) is 1. The fraction of sp³-hybridized carbons (Fsp3) is 0.192. The first-order valence-electron chi connectivity index (χ1n) is 11.1. The lowest BCUT2D eigenvalue weighted by atomic mass is 10.1. The second kappa shape index (κ2) is 9.27. The third-order valence-corrected chi connectivity index (χ3v) is 5.72. The van der Waals surface area contributed by atoms with Crippen LogP contribution < -0.4 is 10.1 Å². The zero-order valence-corrected chi connectivity index (χ0v) is 19.1. The third-order valence-electron chi connectivity index (χ3n) is 5.72. The van der Waals surface area contributed by atoms with Crippen LogP contribution in [-0.2, 0) is 19.7 Å². The Kier molecular flexibility index (Phi) is 5.86. The summed E-state index contributed by atoms with van der Waals surface area (Å²) in [7, 11) is 0. The molecule has 0 aliphatic rings. The molecule has 2 aromatic carbocycles. The third kappa shape index (κ3) is 4.56. The number of anilines is 1. The minimum Gasteiger partial charge on any atom is -0.486 e. The number of carbonyl (C=O) groups is 1. The molecule has 0 spiro atoms. The Bertz CT molecular complexity index is 1450. The standard InChI is InChI=1S/C26H25N5O3/c1-3-31-18(2)21(13-28-31)15-30-16-22(14-27-30)29-26(32)25-11-10-24(34-25)17-33-23-9-8-19-6-4-5-7-20(19)12-23/h4-14,16H,3,15,17H2,1-2H3,(H,29,32). The highest BCUT2D eigenvalue weighted by Gasteiger charge is 2.14. The fourth-order valence-electron chi connectivity index (χ4n) is 3.83. The van der Waals surface area contributed by atoms with Gasteiger partial charge in [-0.3, -0.25) is 14.2 Å². The van der Waals surface area contributed by atoms with Crippen LogP contribution in [0.2, 0.25) is 0 Å². The van der Waals surface area contributed by atoms with E-state index in [1.165, 1.54) is 0 Å². The summed E-state index contributed by atoms with van der Waals surface area (Å²) in [5.74, 6) is 1.18. The normalized spacial score (nSPS) is 11.1. The van der Waals surface area contributed by atoms with Crippen molar-refractivity contribution in [2.75, 3.05) is 5.32 Å². The topological polar surface area (TPSA) is 87.1 Å². The molecule has 0 aliphatic carbocycles. The lowest BCUT2D eigenvalue weighted by Gasteiger charge is -2.06. The smallest absolute Gasteiger partial charge is 0.291 e. The van der Waals surface area contributed by atoms with Gasteiger partial charge in [0, 0.05) is 24.0 Å². The summed E-state index contributed by atoms with van der Waals surface area (Å²) in [6.07, 6.45) is 5.25. The van der Waals surface area contributed by atoms with E-state index in [-0.39, 0.29) is 18.3 Å². The molecule has 0 aliphatic heterocycles. The van der Waals surface area contributed by atoms with Gasteiger partial charge in [-0.25, -0.2) is 0 Å². The van der Waals surface area contributed by atoms with Crippen LogP contribution >= 0.6 is 0 Å². The molecule has 8 nitrogen and oxygen atoms in total. The number of furan rings is 1. The number of rotatable bonds is 8. The quantitative estimate of drug-likeness (QED) is 0.354. The van der Waals surface area contributed by atoms with E-state index in [0.717, 1.165) is 34.3 Å². The van der Waals surface area contributed by atoms with Crippen molar-refractivity contribution in [2.45, 2.75) is 33.5 Å². The van der Waals surface area contributed by atoms with Gasteiger partial charge in [0.15, 0.2) is 5.76 Å². The van der Waals surface area contributed by atoms with Gasteiger partial charge in [0.25, 0.3) is 5.91 Å². The van der Waals surface area contributed by atoms with Crippen molar-refractivity contribution in [3.8, 4) is 5.75 Å². The molecule has 0 fully saturated rings. The van der Waals surface area contributed by atoms with Crippen LogP contribution in [0.15, 0.2) is 77.6 Å². The van der Waals surface area contributed by atoms with Gasteiger partial charge >= 0.3 is 0 Å². The van der Waals surface area contributed by atoms with Crippen LogP contribution in [0.3, 0.4) is 0 Å². The molecule has 3 aromatic heterocycles. The molecule has 0 atom stereocenters. The van der Waals surface area contributed by atoms with E-state index in [1.807, 2.05) is 54.2 Å². The molecule has 8 heteroatoms. The Morgan fingerprint density at radius 2 is 1.91 bits per heavy atom. The van der Waals surface area contributed by atoms with Crippen LogP contribution in [0, 0.1) is 6.92 Å². The van der Waals surface area contributed by atoms with E-state index in [2.05, 4.69) is 28.5 Å². The number of nitrogens with zero attached hydrogens (tertiary/aromatic N) is 4. The second-order valence-electron chi connectivity index (χ2n) is 8.02. The summed E-state index contributed by atoms with van der Waals surface area (Å²) in [6, 6.07) is 17.4. The first-order valence-corrected chi connectivity index (χ1v) is 11.1. The molecule has 172 valence electrons. The Hall–Kier alpha value is -4.33. The fourth-order valence-corrected chi connectivity index (χ4v) is 3.83. The van der Waals surface area contributed by atoms with Gasteiger partial charge in [-0.15, -0.1) is 0 Å². The maximum atomic E-state index is 12.6. The van der Waals surface area contributed by atoms with Crippen LogP contribution in [0.25, 0.3) is 10.8 Å². The van der Waals surface area contributed by atoms with Crippen molar-refractivity contribution in [1.82, 2.24) is 19.6 Å². The van der Waals surface area contributed by atoms with Crippen molar-refractivity contribution < 1.29 is 13.9 Å². The summed E-state index contributed by atoms with van der Waals surface area (Å²) in [5, 5.41) is 13.8. The highest BCUT2D eigenvalue weighted by atomic mass is 16.5. The van der Waals surface area contributed by atoms with Gasteiger partial charge < -0.3 is 14.5 Å². The summed E-state index contributed by atoms with van der Waals surface area (Å²) >= 11 is 0. The van der Waals surface area contributed by atoms with Crippen LogP contribution in [-0.4, -0.2) is 25.5 Å². The molecule has 0 unspecified atom stereocenters. The number of carbonyl (C=O) groups excluding carboxylic acids is 1. The number of fused-ring (bicyclic) bond motifs is 1. The van der Waals surface area contributed by atoms with E-state index in [4.69, 9.17) is 9.15 Å². The zero-order valence-electron chi connectivity index (χ0n) is 19.1. The average molecular weight is 456 g/mol. The van der Waals surface area contributed by atoms with Crippen LogP contribution in [0.1, 0.15) is 34.5 Å². The number of amides is 1. The predicted octanol–water partition coefficient (Wildman–Crippen LogP) is 5.03. The van der Waals surface area contributed by atoms with Gasteiger partial charge in [-0.1, -0.05) is 30.3 Å². The molecule has 1 N–H and O–H groups in total. The molecule has 0 saturated heterocycles. The first-order chi connectivity index (χ1) is 16.6. The van der Waals surface area contributed by atoms with Gasteiger partial charge in [0.2, 0.25) is 0 Å². The summed E-state index contributed by atoms with van der Waals surface area (Å²) in [6.45, 7) is 5.73. The highest BCUT2D eigenvalue weighted by Crippen LogP contribution is 2.22. The number of hydrogen-bond acceptors (Lipinski definition) is 5. The molecule has 34 heavy (non-hydrogen) atoms. The molecular weight excluding hydrogens is 430 g/mol. The summed E-state index contributed by atoms with van der Waals surface area (Å²) in [5.41, 5.74) is 2.79. The van der Waals surface area contributed by atoms with Gasteiger partial charge in [-0.05, 0) is 48.9 Å². The van der Waals surface area contributed by atoms with E-state index in [1.54, 1.807) is 29.2 Å². The molecule has 0 saturated carbocycles. The van der Waals surface area contributed by atoms with Crippen molar-refractivity contribution >= 4 is 22.4 Å². The van der Waals surface area contributed by atoms with Gasteiger partial charge in [0.05, 0.1) is 24.6 Å². The van der Waals surface area contributed by atoms with E-state index in [0.29, 0.717) is 18.0 Å². The molecule has 3 heterocycles. The van der Waals surface area contributed by atoms with Crippen molar-refractivity contribution in [1.29, 1.82) is 0 Å². The lowest BCUT2D eigenvalue weighted by Crippen LogP contribution is -2.10. The Labute approximate surface area is 196 Å². The molecule has 5 rings (SSSR count). The second-order valence-corrected chi connectivity index (χ2v) is 8.02. The minimum atomic E-state index is -0.341. The van der Waals surface area contributed by atoms with Gasteiger partial charge in [-0.2, -0.15) is 10.2 Å². The molecular formula is C26H25N5O3. The number of nitrogens with one attached hydrogen (secondary N) is 1. The van der Waals surface area contributed by atoms with Crippen molar-refractivity contribution in [3.63, 3.8) is 0 Å². The van der Waals surface area contributed by atoms with Crippen molar-refractivity contribution in [2.24, 2.45) is 0 Å². The average Bonchev–Trinajstić information content (AvgIpc) is 3.59. The Balaban J connectivity index is 1.18. The zero-order chi connectivity index (χ0) is 23.5. The maximum Gasteiger partial charge on any atom is 0.291 e. The monoisotopic (exact) mass is 455 g/mol. The molecule has 1 amide bonds. The van der Waals surface area contributed by atoms with Crippen LogP contribution in [0.4, 0.5) is 5.69 Å². The summed E-state index contributed by atoms with van der Waals surface area (Å²) < 4.78 is 15.2. The van der Waals surface area contributed by atoms with Crippen LogP contribution in [0.5, 0.6) is 5.75 Å². The maximum absolute atomic E-state index is 12.6. The van der Waals surface area contributed by atoms with E-state index >= 15 is 0 Å². The summed E-state index contributed by atoms with van der Waals surface area (Å²) in [4.78, 5) is 12.6. The predicted molar refractivity (Wildman–Crippen MR) is 129 cm³/mol. The number of aryl methyl sites for hydroxylation is 1. The number of aromatic nitrogens is 4. The lowest BCUT2D eigenvalue weighted by molar-refractivity contribution is 0.0992. The highest BCUT2D eigenvalue weighted by molar-refractivity contribution is 6.02. The number of ether oxygens (including phenoxy) is 1. The number of benzene rings is 2. The minimum absolute atomic E-state index is 0.213.